The van der Waals surface area contributed by atoms with E-state index in [2.05, 4.69) is 17.2 Å². The lowest BCUT2D eigenvalue weighted by atomic mass is 10.1. The van der Waals surface area contributed by atoms with Crippen LogP contribution in [0.5, 0.6) is 0 Å². The van der Waals surface area contributed by atoms with E-state index in [1.807, 2.05) is 0 Å². The number of carbonyl (C=O) groups is 2. The number of nitrogens with one attached hydrogen (secondary N) is 2. The van der Waals surface area contributed by atoms with Crippen LogP contribution in [0, 0.1) is 5.92 Å². The zero-order chi connectivity index (χ0) is 12.6. The molecule has 0 aliphatic rings. The first-order valence-electron chi connectivity index (χ1n) is 5.37. The minimum absolute atomic E-state index is 0.142. The number of hydrogen-bond donors (Lipinski definition) is 3. The van der Waals surface area contributed by atoms with Gasteiger partial charge in [-0.2, -0.15) is 0 Å². The van der Waals surface area contributed by atoms with Crippen LogP contribution in [-0.2, 0) is 4.79 Å². The predicted molar refractivity (Wildman–Crippen MR) is 62.2 cm³/mol. The number of allylic oxidation sites excluding steroid dienone is 1. The number of unbranched alkanes of at least 4 members (excludes halogenated alkanes) is 1. The molecule has 0 aromatic heterocycles. The molecule has 1 unspecified atom stereocenters. The van der Waals surface area contributed by atoms with Gasteiger partial charge >= 0.3 is 12.0 Å². The van der Waals surface area contributed by atoms with E-state index < -0.39 is 18.0 Å². The van der Waals surface area contributed by atoms with Crippen LogP contribution in [0.25, 0.3) is 0 Å². The maximum absolute atomic E-state index is 11.3. The molecular formula is C11H20N2O3. The van der Waals surface area contributed by atoms with Gasteiger partial charge in [-0.1, -0.05) is 19.9 Å². The van der Waals surface area contributed by atoms with Gasteiger partial charge in [-0.05, 0) is 18.8 Å². The first kappa shape index (κ1) is 14.5. The maximum Gasteiger partial charge on any atom is 0.326 e. The summed E-state index contributed by atoms with van der Waals surface area (Å²) in [4.78, 5) is 22.1. The van der Waals surface area contributed by atoms with Crippen LogP contribution in [0.2, 0.25) is 0 Å². The third-order valence-corrected chi connectivity index (χ3v) is 2.09. The van der Waals surface area contributed by atoms with Gasteiger partial charge in [-0.3, -0.25) is 0 Å². The van der Waals surface area contributed by atoms with E-state index in [-0.39, 0.29) is 5.92 Å². The molecule has 0 aliphatic heterocycles. The van der Waals surface area contributed by atoms with E-state index in [0.29, 0.717) is 6.54 Å². The van der Waals surface area contributed by atoms with Gasteiger partial charge < -0.3 is 15.7 Å². The van der Waals surface area contributed by atoms with E-state index >= 15 is 0 Å². The third kappa shape index (κ3) is 6.06. The molecule has 0 fully saturated rings. The average Bonchev–Trinajstić information content (AvgIpc) is 2.20. The van der Waals surface area contributed by atoms with Gasteiger partial charge in [0.25, 0.3) is 0 Å². The maximum atomic E-state index is 11.3. The number of carboxylic acid groups (broad SMARTS) is 1. The summed E-state index contributed by atoms with van der Waals surface area (Å²) >= 11 is 0. The van der Waals surface area contributed by atoms with Gasteiger partial charge in [0.1, 0.15) is 6.04 Å². The summed E-state index contributed by atoms with van der Waals surface area (Å²) in [5, 5.41) is 13.9. The van der Waals surface area contributed by atoms with Crippen LogP contribution in [-0.4, -0.2) is 29.7 Å². The highest BCUT2D eigenvalue weighted by Gasteiger charge is 2.22. The third-order valence-electron chi connectivity index (χ3n) is 2.09. The van der Waals surface area contributed by atoms with Gasteiger partial charge in [0.05, 0.1) is 0 Å². The SMILES string of the molecule is C=CCCCNC(=O)NC(C(=O)O)C(C)C. The summed E-state index contributed by atoms with van der Waals surface area (Å²) in [6.07, 6.45) is 3.40. The molecule has 0 aromatic carbocycles. The van der Waals surface area contributed by atoms with E-state index in [1.165, 1.54) is 0 Å². The minimum Gasteiger partial charge on any atom is -0.480 e. The molecular weight excluding hydrogens is 208 g/mol. The predicted octanol–water partition coefficient (Wildman–Crippen LogP) is 1.36. The Morgan fingerprint density at radius 3 is 2.50 bits per heavy atom. The second-order valence-electron chi connectivity index (χ2n) is 3.89. The average molecular weight is 228 g/mol. The normalized spacial score (nSPS) is 11.9. The topological polar surface area (TPSA) is 78.4 Å². The van der Waals surface area contributed by atoms with Crippen LogP contribution >= 0.6 is 0 Å². The minimum atomic E-state index is -1.02. The molecule has 0 bridgehead atoms. The molecule has 92 valence electrons. The molecule has 0 aromatic rings. The van der Waals surface area contributed by atoms with E-state index in [4.69, 9.17) is 5.11 Å². The molecule has 0 saturated carbocycles. The van der Waals surface area contributed by atoms with Crippen LogP contribution in [0.4, 0.5) is 4.79 Å². The van der Waals surface area contributed by atoms with Gasteiger partial charge in [0.2, 0.25) is 0 Å². The smallest absolute Gasteiger partial charge is 0.326 e. The number of urea groups is 1. The number of rotatable bonds is 7. The number of amides is 2. The van der Waals surface area contributed by atoms with Crippen molar-refractivity contribution in [2.75, 3.05) is 6.54 Å². The van der Waals surface area contributed by atoms with Crippen molar-refractivity contribution in [3.63, 3.8) is 0 Å². The Morgan fingerprint density at radius 2 is 2.06 bits per heavy atom. The molecule has 3 N–H and O–H groups in total. The van der Waals surface area contributed by atoms with E-state index in [1.54, 1.807) is 19.9 Å². The van der Waals surface area contributed by atoms with Crippen molar-refractivity contribution in [3.8, 4) is 0 Å². The highest BCUT2D eigenvalue weighted by Crippen LogP contribution is 2.01. The molecule has 0 rings (SSSR count). The summed E-state index contributed by atoms with van der Waals surface area (Å²) in [5.41, 5.74) is 0. The fourth-order valence-corrected chi connectivity index (χ4v) is 1.15. The Hall–Kier alpha value is -1.52. The van der Waals surface area contributed by atoms with Crippen LogP contribution in [0.1, 0.15) is 26.7 Å². The fourth-order valence-electron chi connectivity index (χ4n) is 1.15. The highest BCUT2D eigenvalue weighted by molar-refractivity contribution is 5.82. The molecule has 1 atom stereocenters. The highest BCUT2D eigenvalue weighted by atomic mass is 16.4. The fraction of sp³-hybridized carbons (Fsp3) is 0.636. The zero-order valence-electron chi connectivity index (χ0n) is 9.82. The Kier molecular flexibility index (Phi) is 7.00. The Balaban J connectivity index is 3.91. The van der Waals surface area contributed by atoms with Crippen molar-refractivity contribution >= 4 is 12.0 Å². The zero-order valence-corrected chi connectivity index (χ0v) is 9.82. The number of carbonyl (C=O) groups excluding carboxylic acids is 1. The molecule has 0 aliphatic carbocycles. The van der Waals surface area contributed by atoms with Crippen LogP contribution in [0.15, 0.2) is 12.7 Å². The lowest BCUT2D eigenvalue weighted by Crippen LogP contribution is -2.48. The summed E-state index contributed by atoms with van der Waals surface area (Å²) in [6, 6.07) is -1.29. The van der Waals surface area contributed by atoms with Crippen molar-refractivity contribution in [2.24, 2.45) is 5.92 Å². The number of aliphatic carboxylic acids is 1. The van der Waals surface area contributed by atoms with Gasteiger partial charge in [0, 0.05) is 6.54 Å². The van der Waals surface area contributed by atoms with Crippen LogP contribution < -0.4 is 10.6 Å². The molecule has 5 heteroatoms. The second kappa shape index (κ2) is 7.73. The molecule has 16 heavy (non-hydrogen) atoms. The standard InChI is InChI=1S/C11H20N2O3/c1-4-5-6-7-12-11(16)13-9(8(2)3)10(14)15/h4,8-9H,1,5-7H2,2-3H3,(H,14,15)(H2,12,13,16). The van der Waals surface area contributed by atoms with Gasteiger partial charge in [-0.15, -0.1) is 6.58 Å². The molecule has 5 nitrogen and oxygen atoms in total. The first-order valence-corrected chi connectivity index (χ1v) is 5.37. The Labute approximate surface area is 95.9 Å². The largest absolute Gasteiger partial charge is 0.480 e. The van der Waals surface area contributed by atoms with E-state index in [0.717, 1.165) is 12.8 Å². The quantitative estimate of drug-likeness (QED) is 0.455. The monoisotopic (exact) mass is 228 g/mol. The van der Waals surface area contributed by atoms with E-state index in [9.17, 15) is 9.59 Å². The summed E-state index contributed by atoms with van der Waals surface area (Å²) in [6.45, 7) is 7.58. The first-order chi connectivity index (χ1) is 7.49. The molecule has 2 amide bonds. The lowest BCUT2D eigenvalue weighted by Gasteiger charge is -2.18. The Bertz CT molecular complexity index is 252. The lowest BCUT2D eigenvalue weighted by molar-refractivity contribution is -0.140. The second-order valence-corrected chi connectivity index (χ2v) is 3.89. The van der Waals surface area contributed by atoms with Crippen molar-refractivity contribution in [1.29, 1.82) is 0 Å². The molecule has 0 radical (unpaired) electrons. The van der Waals surface area contributed by atoms with Crippen molar-refractivity contribution in [1.82, 2.24) is 10.6 Å². The molecule has 0 heterocycles. The molecule has 0 saturated heterocycles. The van der Waals surface area contributed by atoms with Gasteiger partial charge in [0.15, 0.2) is 0 Å². The Morgan fingerprint density at radius 1 is 1.44 bits per heavy atom. The van der Waals surface area contributed by atoms with Crippen molar-refractivity contribution in [3.05, 3.63) is 12.7 Å². The van der Waals surface area contributed by atoms with Crippen molar-refractivity contribution in [2.45, 2.75) is 32.7 Å². The van der Waals surface area contributed by atoms with Crippen molar-refractivity contribution < 1.29 is 14.7 Å². The summed E-state index contributed by atoms with van der Waals surface area (Å²) < 4.78 is 0. The molecule has 0 spiro atoms. The van der Waals surface area contributed by atoms with Crippen LogP contribution in [0.3, 0.4) is 0 Å². The number of hydrogen-bond acceptors (Lipinski definition) is 2. The number of carboxylic acids is 1. The van der Waals surface area contributed by atoms with Gasteiger partial charge in [-0.25, -0.2) is 9.59 Å². The summed E-state index contributed by atoms with van der Waals surface area (Å²) in [5.74, 6) is -1.16. The summed E-state index contributed by atoms with van der Waals surface area (Å²) in [7, 11) is 0.